The molecule has 1 nitrogen and oxygen atoms in total. The molecule has 0 heterocycles. The van der Waals surface area contributed by atoms with E-state index >= 15 is 0 Å². The SMILES string of the molecule is C[SiH2]C=CCNCCc1ccccc1. The zero-order chi connectivity index (χ0) is 10.1. The Labute approximate surface area is 89.1 Å². The molecule has 2 heteroatoms. The third-order valence-corrected chi connectivity index (χ3v) is 2.90. The molecule has 1 rings (SSSR count). The fourth-order valence-electron chi connectivity index (χ4n) is 1.31. The third-order valence-electron chi connectivity index (χ3n) is 2.10. The van der Waals surface area contributed by atoms with Crippen molar-refractivity contribution in [1.82, 2.24) is 5.32 Å². The van der Waals surface area contributed by atoms with Gasteiger partial charge in [-0.25, -0.2) is 0 Å². The van der Waals surface area contributed by atoms with Crippen LogP contribution >= 0.6 is 0 Å². The first-order chi connectivity index (χ1) is 6.93. The van der Waals surface area contributed by atoms with Crippen molar-refractivity contribution in [1.29, 1.82) is 0 Å². The first kappa shape index (κ1) is 11.2. The second-order valence-corrected chi connectivity index (χ2v) is 4.61. The highest BCUT2D eigenvalue weighted by Gasteiger charge is 1.89. The normalized spacial score (nSPS) is 11.8. The summed E-state index contributed by atoms with van der Waals surface area (Å²) in [6.07, 6.45) is 3.37. The minimum absolute atomic E-state index is 0.108. The predicted molar refractivity (Wildman–Crippen MR) is 66.6 cm³/mol. The Morgan fingerprint density at radius 1 is 1.29 bits per heavy atom. The Morgan fingerprint density at radius 2 is 2.07 bits per heavy atom. The van der Waals surface area contributed by atoms with E-state index in [9.17, 15) is 0 Å². The molecule has 0 aliphatic heterocycles. The highest BCUT2D eigenvalue weighted by atomic mass is 28.2. The molecule has 0 atom stereocenters. The van der Waals surface area contributed by atoms with Gasteiger partial charge in [-0.3, -0.25) is 0 Å². The summed E-state index contributed by atoms with van der Waals surface area (Å²) in [5, 5.41) is 3.40. The van der Waals surface area contributed by atoms with E-state index in [0.29, 0.717) is 0 Å². The number of nitrogens with one attached hydrogen (secondary N) is 1. The molecule has 0 saturated heterocycles. The first-order valence-corrected chi connectivity index (χ1v) is 7.56. The van der Waals surface area contributed by atoms with Crippen molar-refractivity contribution in [2.75, 3.05) is 13.1 Å². The maximum absolute atomic E-state index is 3.40. The Kier molecular flexibility index (Phi) is 6.03. The second kappa shape index (κ2) is 7.53. The fourth-order valence-corrected chi connectivity index (χ4v) is 1.81. The predicted octanol–water partition coefficient (Wildman–Crippen LogP) is 1.55. The lowest BCUT2D eigenvalue weighted by Crippen LogP contribution is -2.16. The van der Waals surface area contributed by atoms with Gasteiger partial charge in [0.2, 0.25) is 0 Å². The van der Waals surface area contributed by atoms with Crippen LogP contribution in [0.3, 0.4) is 0 Å². The maximum Gasteiger partial charge on any atom is 0.0420 e. The lowest BCUT2D eigenvalue weighted by atomic mass is 10.1. The molecule has 0 bridgehead atoms. The van der Waals surface area contributed by atoms with Crippen LogP contribution in [0.4, 0.5) is 0 Å². The topological polar surface area (TPSA) is 12.0 Å². The Morgan fingerprint density at radius 3 is 2.79 bits per heavy atom. The summed E-state index contributed by atoms with van der Waals surface area (Å²) in [5.41, 5.74) is 3.74. The second-order valence-electron chi connectivity index (χ2n) is 3.32. The van der Waals surface area contributed by atoms with Crippen LogP contribution < -0.4 is 5.32 Å². The van der Waals surface area contributed by atoms with Gasteiger partial charge in [-0.05, 0) is 18.5 Å². The van der Waals surface area contributed by atoms with E-state index in [-0.39, 0.29) is 9.52 Å². The Balaban J connectivity index is 2.07. The lowest BCUT2D eigenvalue weighted by Gasteiger charge is -2.01. The molecule has 0 aliphatic rings. The van der Waals surface area contributed by atoms with Crippen LogP contribution in [0.25, 0.3) is 0 Å². The minimum atomic E-state index is 0.108. The molecule has 14 heavy (non-hydrogen) atoms. The van der Waals surface area contributed by atoms with Gasteiger partial charge in [-0.15, -0.1) is 5.70 Å². The molecule has 0 saturated carbocycles. The maximum atomic E-state index is 3.40. The van der Waals surface area contributed by atoms with Gasteiger partial charge in [0.05, 0.1) is 0 Å². The smallest absolute Gasteiger partial charge is 0.0420 e. The summed E-state index contributed by atoms with van der Waals surface area (Å²) in [6, 6.07) is 10.6. The number of hydrogen-bond donors (Lipinski definition) is 1. The van der Waals surface area contributed by atoms with Crippen LogP contribution in [0.2, 0.25) is 6.55 Å². The minimum Gasteiger partial charge on any atom is -0.313 e. The molecule has 1 aromatic carbocycles. The quantitative estimate of drug-likeness (QED) is 0.549. The summed E-state index contributed by atoms with van der Waals surface area (Å²) in [7, 11) is 0.108. The molecular formula is C12H19NSi. The van der Waals surface area contributed by atoms with Crippen LogP contribution in [-0.2, 0) is 6.42 Å². The van der Waals surface area contributed by atoms with Crippen LogP contribution in [-0.4, -0.2) is 22.6 Å². The molecule has 0 fully saturated rings. The van der Waals surface area contributed by atoms with Crippen molar-refractivity contribution in [2.24, 2.45) is 0 Å². The molecule has 0 spiro atoms. The van der Waals surface area contributed by atoms with E-state index in [1.54, 1.807) is 0 Å². The Bertz CT molecular complexity index is 256. The van der Waals surface area contributed by atoms with E-state index < -0.39 is 0 Å². The van der Waals surface area contributed by atoms with Crippen LogP contribution in [0, 0.1) is 0 Å². The Hall–Kier alpha value is -0.863. The molecule has 76 valence electrons. The highest BCUT2D eigenvalue weighted by molar-refractivity contribution is 6.40. The van der Waals surface area contributed by atoms with E-state index in [4.69, 9.17) is 0 Å². The standard InChI is InChI=1S/C12H19NSi/c1-14-11-5-9-13-10-8-12-6-3-2-4-7-12/h2-7,11,13H,8-10,14H2,1H3. The van der Waals surface area contributed by atoms with E-state index in [2.05, 4.69) is 54.0 Å². The lowest BCUT2D eigenvalue weighted by molar-refractivity contribution is 0.745. The van der Waals surface area contributed by atoms with Crippen molar-refractivity contribution < 1.29 is 0 Å². The van der Waals surface area contributed by atoms with Crippen molar-refractivity contribution in [3.05, 3.63) is 47.7 Å². The molecule has 0 radical (unpaired) electrons. The number of hydrogen-bond acceptors (Lipinski definition) is 1. The largest absolute Gasteiger partial charge is 0.313 e. The molecule has 0 aromatic heterocycles. The zero-order valence-corrected chi connectivity index (χ0v) is 10.3. The van der Waals surface area contributed by atoms with Crippen LogP contribution in [0.15, 0.2) is 42.1 Å². The molecule has 0 unspecified atom stereocenters. The van der Waals surface area contributed by atoms with Gasteiger partial charge in [0.25, 0.3) is 0 Å². The molecule has 1 aromatic rings. The molecule has 0 aliphatic carbocycles. The number of rotatable bonds is 6. The first-order valence-electron chi connectivity index (χ1n) is 5.33. The van der Waals surface area contributed by atoms with Crippen LogP contribution in [0.1, 0.15) is 5.56 Å². The monoisotopic (exact) mass is 205 g/mol. The van der Waals surface area contributed by atoms with Gasteiger partial charge in [0.15, 0.2) is 0 Å². The summed E-state index contributed by atoms with van der Waals surface area (Å²) in [6.45, 7) is 4.38. The summed E-state index contributed by atoms with van der Waals surface area (Å²) in [4.78, 5) is 0. The van der Waals surface area contributed by atoms with Crippen molar-refractivity contribution in [3.63, 3.8) is 0 Å². The average Bonchev–Trinajstić information content (AvgIpc) is 2.25. The average molecular weight is 205 g/mol. The molecule has 1 N–H and O–H groups in total. The third kappa shape index (κ3) is 4.99. The molecular weight excluding hydrogens is 186 g/mol. The van der Waals surface area contributed by atoms with Gasteiger partial charge < -0.3 is 5.32 Å². The van der Waals surface area contributed by atoms with Crippen molar-refractivity contribution in [3.8, 4) is 0 Å². The van der Waals surface area contributed by atoms with Crippen LogP contribution in [0.5, 0.6) is 0 Å². The van der Waals surface area contributed by atoms with Crippen molar-refractivity contribution in [2.45, 2.75) is 13.0 Å². The fraction of sp³-hybridized carbons (Fsp3) is 0.333. The van der Waals surface area contributed by atoms with E-state index in [1.807, 2.05) is 0 Å². The zero-order valence-electron chi connectivity index (χ0n) is 8.87. The molecule has 0 amide bonds. The van der Waals surface area contributed by atoms with Gasteiger partial charge in [-0.1, -0.05) is 43.0 Å². The summed E-state index contributed by atoms with van der Waals surface area (Å²) < 4.78 is 0. The van der Waals surface area contributed by atoms with Gasteiger partial charge in [-0.2, -0.15) is 0 Å². The van der Waals surface area contributed by atoms with Crippen molar-refractivity contribution >= 4 is 9.52 Å². The highest BCUT2D eigenvalue weighted by Crippen LogP contribution is 1.97. The van der Waals surface area contributed by atoms with Gasteiger partial charge in [0.1, 0.15) is 0 Å². The summed E-state index contributed by atoms with van der Waals surface area (Å²) in [5.74, 6) is 0. The number of benzene rings is 1. The van der Waals surface area contributed by atoms with E-state index in [0.717, 1.165) is 19.5 Å². The van der Waals surface area contributed by atoms with Gasteiger partial charge >= 0.3 is 0 Å². The van der Waals surface area contributed by atoms with E-state index in [1.165, 1.54) is 5.56 Å². The summed E-state index contributed by atoms with van der Waals surface area (Å²) >= 11 is 0. The van der Waals surface area contributed by atoms with Gasteiger partial charge in [0, 0.05) is 16.1 Å².